The van der Waals surface area contributed by atoms with Crippen molar-refractivity contribution in [2.75, 3.05) is 43.4 Å². The predicted molar refractivity (Wildman–Crippen MR) is 101 cm³/mol. The average molecular weight is 419 g/mol. The van der Waals surface area contributed by atoms with Crippen molar-refractivity contribution in [1.29, 1.82) is 0 Å². The van der Waals surface area contributed by atoms with E-state index in [9.17, 15) is 21.6 Å². The number of nitrogens with zero attached hydrogens (tertiary/aromatic N) is 2. The zero-order chi connectivity index (χ0) is 18.8. The standard InChI is InChI=1S/C16H22N2O5S3/c19-16(12-24-14-6-11-25(20,21)13-14)17-7-9-18(10-8-17)26(22,23)15-4-2-1-3-5-15/h1-5,14H,6-13H2/t14-/m1/s1. The van der Waals surface area contributed by atoms with Crippen LogP contribution in [0.5, 0.6) is 0 Å². The second-order valence-electron chi connectivity index (χ2n) is 6.43. The Bertz CT molecular complexity index is 847. The smallest absolute Gasteiger partial charge is 0.243 e. The second-order valence-corrected chi connectivity index (χ2v) is 11.9. The number of benzene rings is 1. The number of thioether (sulfide) groups is 1. The number of carbonyl (C=O) groups excluding carboxylic acids is 1. The van der Waals surface area contributed by atoms with E-state index in [1.54, 1.807) is 35.2 Å². The van der Waals surface area contributed by atoms with Gasteiger partial charge in [-0.2, -0.15) is 4.31 Å². The summed E-state index contributed by atoms with van der Waals surface area (Å²) in [4.78, 5) is 14.3. The molecule has 2 aliphatic rings. The van der Waals surface area contributed by atoms with Gasteiger partial charge in [0.15, 0.2) is 9.84 Å². The Balaban J connectivity index is 1.50. The first-order valence-corrected chi connectivity index (χ1v) is 12.7. The van der Waals surface area contributed by atoms with Gasteiger partial charge < -0.3 is 4.90 Å². The van der Waals surface area contributed by atoms with E-state index >= 15 is 0 Å². The van der Waals surface area contributed by atoms with E-state index < -0.39 is 19.9 Å². The third-order valence-electron chi connectivity index (χ3n) is 4.61. The van der Waals surface area contributed by atoms with Gasteiger partial charge in [0.1, 0.15) is 0 Å². The topological polar surface area (TPSA) is 91.8 Å². The van der Waals surface area contributed by atoms with Gasteiger partial charge in [-0.1, -0.05) is 18.2 Å². The summed E-state index contributed by atoms with van der Waals surface area (Å²) in [6.45, 7) is 1.25. The minimum absolute atomic E-state index is 0.0105. The lowest BCUT2D eigenvalue weighted by molar-refractivity contribution is -0.129. The van der Waals surface area contributed by atoms with Gasteiger partial charge in [-0.15, -0.1) is 11.8 Å². The Labute approximate surface area is 158 Å². The van der Waals surface area contributed by atoms with Crippen LogP contribution >= 0.6 is 11.8 Å². The molecule has 3 rings (SSSR count). The highest BCUT2D eigenvalue weighted by atomic mass is 32.2. The molecule has 26 heavy (non-hydrogen) atoms. The van der Waals surface area contributed by atoms with E-state index in [0.717, 1.165) is 0 Å². The number of amides is 1. The van der Waals surface area contributed by atoms with E-state index in [1.807, 2.05) is 0 Å². The van der Waals surface area contributed by atoms with Gasteiger partial charge in [-0.05, 0) is 18.6 Å². The fraction of sp³-hybridized carbons (Fsp3) is 0.562. The molecular formula is C16H22N2O5S3. The number of hydrogen-bond acceptors (Lipinski definition) is 6. The molecule has 1 aromatic carbocycles. The van der Waals surface area contributed by atoms with Crippen LogP contribution in [0.4, 0.5) is 0 Å². The summed E-state index contributed by atoms with van der Waals surface area (Å²) in [7, 11) is -6.46. The number of carbonyl (C=O) groups is 1. The Morgan fingerprint density at radius 2 is 1.77 bits per heavy atom. The molecule has 1 amide bonds. The molecule has 10 heteroatoms. The molecule has 1 atom stereocenters. The molecule has 1 aromatic rings. The first-order valence-electron chi connectivity index (χ1n) is 8.43. The monoisotopic (exact) mass is 418 g/mol. The quantitative estimate of drug-likeness (QED) is 0.689. The molecule has 144 valence electrons. The van der Waals surface area contributed by atoms with Crippen molar-refractivity contribution in [2.45, 2.75) is 16.6 Å². The number of rotatable bonds is 5. The van der Waals surface area contributed by atoms with Gasteiger partial charge in [0, 0.05) is 31.4 Å². The number of sulfonamides is 1. The van der Waals surface area contributed by atoms with Crippen molar-refractivity contribution >= 4 is 37.5 Å². The van der Waals surface area contributed by atoms with Crippen molar-refractivity contribution in [1.82, 2.24) is 9.21 Å². The van der Waals surface area contributed by atoms with Crippen LogP contribution in [0.25, 0.3) is 0 Å². The molecule has 0 bridgehead atoms. The maximum atomic E-state index is 12.6. The van der Waals surface area contributed by atoms with Crippen molar-refractivity contribution in [2.24, 2.45) is 0 Å². The molecule has 0 saturated carbocycles. The van der Waals surface area contributed by atoms with Crippen LogP contribution < -0.4 is 0 Å². The van der Waals surface area contributed by atoms with Crippen LogP contribution in [0, 0.1) is 0 Å². The lowest BCUT2D eigenvalue weighted by Gasteiger charge is -2.34. The first-order chi connectivity index (χ1) is 12.3. The zero-order valence-corrected chi connectivity index (χ0v) is 16.7. The molecule has 0 spiro atoms. The molecule has 0 N–H and O–H groups in total. The SMILES string of the molecule is O=C(CS[C@@H]1CCS(=O)(=O)C1)N1CCN(S(=O)(=O)c2ccccc2)CC1. The molecule has 0 aromatic heterocycles. The summed E-state index contributed by atoms with van der Waals surface area (Å²) in [6, 6.07) is 8.28. The van der Waals surface area contributed by atoms with E-state index in [-0.39, 0.29) is 46.4 Å². The van der Waals surface area contributed by atoms with Crippen LogP contribution in [0.1, 0.15) is 6.42 Å². The molecule has 0 aliphatic carbocycles. The summed E-state index contributed by atoms with van der Waals surface area (Å²) in [5.74, 6) is 0.533. The van der Waals surface area contributed by atoms with Crippen LogP contribution in [0.15, 0.2) is 35.2 Å². The van der Waals surface area contributed by atoms with Crippen LogP contribution in [0.2, 0.25) is 0 Å². The largest absolute Gasteiger partial charge is 0.339 e. The maximum Gasteiger partial charge on any atom is 0.243 e. The Kier molecular flexibility index (Phi) is 5.95. The minimum Gasteiger partial charge on any atom is -0.339 e. The van der Waals surface area contributed by atoms with E-state index in [4.69, 9.17) is 0 Å². The Morgan fingerprint density at radius 3 is 2.35 bits per heavy atom. The Hall–Kier alpha value is -1.10. The van der Waals surface area contributed by atoms with Crippen LogP contribution in [0.3, 0.4) is 0 Å². The number of sulfone groups is 1. The predicted octanol–water partition coefficient (Wildman–Crippen LogP) is 0.440. The van der Waals surface area contributed by atoms with Gasteiger partial charge in [-0.25, -0.2) is 16.8 Å². The highest BCUT2D eigenvalue weighted by Gasteiger charge is 2.32. The number of piperazine rings is 1. The van der Waals surface area contributed by atoms with Gasteiger partial charge in [0.05, 0.1) is 22.2 Å². The highest BCUT2D eigenvalue weighted by Crippen LogP contribution is 2.25. The minimum atomic E-state index is -3.53. The molecular weight excluding hydrogens is 396 g/mol. The highest BCUT2D eigenvalue weighted by molar-refractivity contribution is 8.02. The summed E-state index contributed by atoms with van der Waals surface area (Å²) < 4.78 is 49.5. The lowest BCUT2D eigenvalue weighted by atomic mass is 10.3. The molecule has 2 fully saturated rings. The Morgan fingerprint density at radius 1 is 1.12 bits per heavy atom. The third kappa shape index (κ3) is 4.59. The summed E-state index contributed by atoms with van der Waals surface area (Å²) in [5, 5.41) is -0.0105. The molecule has 0 radical (unpaired) electrons. The van der Waals surface area contributed by atoms with E-state index in [2.05, 4.69) is 0 Å². The van der Waals surface area contributed by atoms with Crippen molar-refractivity contribution in [3.63, 3.8) is 0 Å². The van der Waals surface area contributed by atoms with Crippen molar-refractivity contribution in [3.8, 4) is 0 Å². The summed E-state index contributed by atoms with van der Waals surface area (Å²) in [5.41, 5.74) is 0. The van der Waals surface area contributed by atoms with E-state index in [1.165, 1.54) is 16.1 Å². The zero-order valence-electron chi connectivity index (χ0n) is 14.3. The molecule has 2 saturated heterocycles. The summed E-state index contributed by atoms with van der Waals surface area (Å²) >= 11 is 1.39. The first kappa shape index (κ1) is 19.7. The van der Waals surface area contributed by atoms with Gasteiger partial charge in [0.25, 0.3) is 0 Å². The van der Waals surface area contributed by atoms with Crippen LogP contribution in [-0.2, 0) is 24.7 Å². The normalized spacial score (nSPS) is 23.8. The maximum absolute atomic E-state index is 12.6. The average Bonchev–Trinajstić information content (AvgIpc) is 2.99. The van der Waals surface area contributed by atoms with Crippen molar-refractivity contribution in [3.05, 3.63) is 30.3 Å². The van der Waals surface area contributed by atoms with Gasteiger partial charge in [0.2, 0.25) is 15.9 Å². The summed E-state index contributed by atoms with van der Waals surface area (Å²) in [6.07, 6.45) is 0.601. The molecule has 2 aliphatic heterocycles. The lowest BCUT2D eigenvalue weighted by Crippen LogP contribution is -2.51. The molecule has 7 nitrogen and oxygen atoms in total. The molecule has 2 heterocycles. The fourth-order valence-corrected chi connectivity index (χ4v) is 8.08. The van der Waals surface area contributed by atoms with E-state index in [0.29, 0.717) is 19.5 Å². The van der Waals surface area contributed by atoms with Crippen LogP contribution in [-0.4, -0.2) is 80.6 Å². The van der Waals surface area contributed by atoms with Gasteiger partial charge >= 0.3 is 0 Å². The van der Waals surface area contributed by atoms with Crippen molar-refractivity contribution < 1.29 is 21.6 Å². The number of hydrogen-bond donors (Lipinski definition) is 0. The van der Waals surface area contributed by atoms with Gasteiger partial charge in [-0.3, -0.25) is 4.79 Å². The molecule has 0 unspecified atom stereocenters. The second kappa shape index (κ2) is 7.87. The fourth-order valence-electron chi connectivity index (χ4n) is 3.09. The third-order valence-corrected chi connectivity index (χ3v) is 9.78.